The zero-order chi connectivity index (χ0) is 19.8. The van der Waals surface area contributed by atoms with Crippen LogP contribution < -0.4 is 5.32 Å². The van der Waals surface area contributed by atoms with Crippen molar-refractivity contribution in [1.29, 1.82) is 0 Å². The molecule has 0 saturated heterocycles. The van der Waals surface area contributed by atoms with Crippen molar-refractivity contribution in [2.45, 2.75) is 19.5 Å². The van der Waals surface area contributed by atoms with Gasteiger partial charge in [-0.25, -0.2) is 0 Å². The Morgan fingerprint density at radius 3 is 2.79 bits per heavy atom. The van der Waals surface area contributed by atoms with Crippen LogP contribution in [0.5, 0.6) is 0 Å². The third-order valence-corrected chi connectivity index (χ3v) is 4.13. The molecule has 0 saturated carbocycles. The topological polar surface area (TPSA) is 69.0 Å². The Hall–Kier alpha value is -3.25. The van der Waals surface area contributed by atoms with Crippen molar-refractivity contribution < 1.29 is 9.53 Å². The van der Waals surface area contributed by atoms with E-state index >= 15 is 0 Å². The number of carbonyl (C=O) groups excluding carboxylic acids is 1. The minimum Gasteiger partial charge on any atom is -0.383 e. The van der Waals surface area contributed by atoms with Crippen LogP contribution in [0.2, 0.25) is 0 Å². The van der Waals surface area contributed by atoms with Crippen molar-refractivity contribution in [1.82, 2.24) is 20.1 Å². The van der Waals surface area contributed by atoms with Crippen LogP contribution in [-0.4, -0.2) is 40.4 Å². The van der Waals surface area contributed by atoms with Gasteiger partial charge >= 0.3 is 0 Å². The fourth-order valence-electron chi connectivity index (χ4n) is 2.89. The van der Waals surface area contributed by atoms with E-state index in [2.05, 4.69) is 22.4 Å². The number of pyridine rings is 1. The number of methoxy groups -OCH3 is 1. The Bertz CT molecular complexity index is 920. The Kier molecular flexibility index (Phi) is 6.70. The van der Waals surface area contributed by atoms with Gasteiger partial charge in [-0.05, 0) is 30.7 Å². The lowest BCUT2D eigenvalue weighted by atomic mass is 10.1. The van der Waals surface area contributed by atoms with Crippen LogP contribution in [0.1, 0.15) is 18.1 Å². The van der Waals surface area contributed by atoms with Crippen LogP contribution in [0.25, 0.3) is 17.3 Å². The van der Waals surface area contributed by atoms with E-state index in [0.717, 1.165) is 22.4 Å². The Morgan fingerprint density at radius 2 is 2.07 bits per heavy atom. The summed E-state index contributed by atoms with van der Waals surface area (Å²) >= 11 is 0. The maximum atomic E-state index is 12.2. The third kappa shape index (κ3) is 5.37. The molecule has 1 unspecified atom stereocenters. The molecule has 1 atom stereocenters. The maximum Gasteiger partial charge on any atom is 0.244 e. The molecule has 28 heavy (non-hydrogen) atoms. The molecule has 1 amide bonds. The van der Waals surface area contributed by atoms with Gasteiger partial charge in [-0.1, -0.05) is 30.3 Å². The van der Waals surface area contributed by atoms with Crippen molar-refractivity contribution in [3.8, 4) is 11.3 Å². The van der Waals surface area contributed by atoms with E-state index in [-0.39, 0.29) is 11.9 Å². The van der Waals surface area contributed by atoms with Gasteiger partial charge in [-0.15, -0.1) is 0 Å². The van der Waals surface area contributed by atoms with Gasteiger partial charge in [0.25, 0.3) is 0 Å². The summed E-state index contributed by atoms with van der Waals surface area (Å²) in [5, 5.41) is 7.58. The first kappa shape index (κ1) is 19.5. The fraction of sp³-hybridized carbons (Fsp3) is 0.227. The zero-order valence-electron chi connectivity index (χ0n) is 16.1. The lowest BCUT2D eigenvalue weighted by Crippen LogP contribution is -2.34. The van der Waals surface area contributed by atoms with Crippen LogP contribution in [0.4, 0.5) is 0 Å². The van der Waals surface area contributed by atoms with Gasteiger partial charge in [-0.2, -0.15) is 5.10 Å². The van der Waals surface area contributed by atoms with Crippen molar-refractivity contribution in [3.05, 3.63) is 78.3 Å². The number of rotatable bonds is 8. The smallest absolute Gasteiger partial charge is 0.244 e. The molecule has 0 radical (unpaired) electrons. The van der Waals surface area contributed by atoms with E-state index in [0.29, 0.717) is 13.2 Å². The summed E-state index contributed by atoms with van der Waals surface area (Å²) in [6.45, 7) is 3.02. The predicted octanol–water partition coefficient (Wildman–Crippen LogP) is 3.16. The van der Waals surface area contributed by atoms with Crippen LogP contribution >= 0.6 is 0 Å². The minimum atomic E-state index is -0.169. The van der Waals surface area contributed by atoms with Crippen LogP contribution in [0.15, 0.2) is 67.1 Å². The number of benzene rings is 1. The summed E-state index contributed by atoms with van der Waals surface area (Å²) in [6, 6.07) is 13.9. The molecule has 0 aliphatic heterocycles. The minimum absolute atomic E-state index is 0.0549. The molecular formula is C22H24N4O2. The summed E-state index contributed by atoms with van der Waals surface area (Å²) in [6.07, 6.45) is 8.75. The second kappa shape index (κ2) is 9.62. The number of hydrogen-bond donors (Lipinski definition) is 1. The van der Waals surface area contributed by atoms with Crippen LogP contribution in [-0.2, 0) is 16.1 Å². The van der Waals surface area contributed by atoms with Crippen LogP contribution in [0, 0.1) is 0 Å². The molecule has 3 aromatic rings. The number of nitrogens with zero attached hydrogens (tertiary/aromatic N) is 3. The molecule has 3 rings (SSSR count). The number of hydrogen-bond acceptors (Lipinski definition) is 4. The first-order valence-corrected chi connectivity index (χ1v) is 9.15. The van der Waals surface area contributed by atoms with E-state index in [9.17, 15) is 4.79 Å². The number of carbonyl (C=O) groups is 1. The first-order valence-electron chi connectivity index (χ1n) is 9.15. The number of ether oxygens (including phenoxy) is 1. The predicted molar refractivity (Wildman–Crippen MR) is 110 cm³/mol. The molecule has 1 N–H and O–H groups in total. The summed E-state index contributed by atoms with van der Waals surface area (Å²) in [5.41, 5.74) is 3.71. The lowest BCUT2D eigenvalue weighted by Gasteiger charge is -2.10. The van der Waals surface area contributed by atoms with Crippen molar-refractivity contribution in [2.75, 3.05) is 13.7 Å². The van der Waals surface area contributed by atoms with Crippen molar-refractivity contribution in [3.63, 3.8) is 0 Å². The highest BCUT2D eigenvalue weighted by molar-refractivity contribution is 5.92. The SMILES string of the molecule is COCC(C)NC(=O)/C=C/c1cn(Cc2ccccc2)nc1-c1cccnc1. The molecule has 6 heteroatoms. The molecule has 0 bridgehead atoms. The van der Waals surface area contributed by atoms with Gasteiger partial charge in [0, 0.05) is 48.9 Å². The maximum absolute atomic E-state index is 12.2. The van der Waals surface area contributed by atoms with Gasteiger partial charge in [0.1, 0.15) is 5.69 Å². The monoisotopic (exact) mass is 376 g/mol. The molecule has 2 aromatic heterocycles. The number of nitrogens with one attached hydrogen (secondary N) is 1. The van der Waals surface area contributed by atoms with E-state index in [1.165, 1.54) is 6.08 Å². The Labute approximate surface area is 164 Å². The average molecular weight is 376 g/mol. The normalized spacial score (nSPS) is 12.2. The Morgan fingerprint density at radius 1 is 1.25 bits per heavy atom. The molecule has 0 spiro atoms. The molecule has 0 aliphatic carbocycles. The Balaban J connectivity index is 1.84. The highest BCUT2D eigenvalue weighted by Gasteiger charge is 2.11. The standard InChI is InChI=1S/C22H24N4O2/c1-17(16-28-2)24-21(27)11-10-20-15-26(14-18-7-4-3-5-8-18)25-22(20)19-9-6-12-23-13-19/h3-13,15,17H,14,16H2,1-2H3,(H,24,27)/b11-10+. The molecule has 0 aliphatic rings. The van der Waals surface area contributed by atoms with Gasteiger partial charge < -0.3 is 10.1 Å². The number of amides is 1. The number of aromatic nitrogens is 3. The highest BCUT2D eigenvalue weighted by atomic mass is 16.5. The molecule has 0 fully saturated rings. The van der Waals surface area contributed by atoms with Crippen molar-refractivity contribution >= 4 is 12.0 Å². The summed E-state index contributed by atoms with van der Waals surface area (Å²) in [5.74, 6) is -0.169. The largest absolute Gasteiger partial charge is 0.383 e. The summed E-state index contributed by atoms with van der Waals surface area (Å²) in [4.78, 5) is 16.3. The van der Waals surface area contributed by atoms with E-state index in [1.807, 2.05) is 48.1 Å². The second-order valence-corrected chi connectivity index (χ2v) is 6.56. The van der Waals surface area contributed by atoms with E-state index in [4.69, 9.17) is 9.84 Å². The van der Waals surface area contributed by atoms with Gasteiger partial charge in [-0.3, -0.25) is 14.5 Å². The van der Waals surface area contributed by atoms with E-state index < -0.39 is 0 Å². The van der Waals surface area contributed by atoms with Gasteiger partial charge in [0.2, 0.25) is 5.91 Å². The van der Waals surface area contributed by atoms with E-state index in [1.54, 1.807) is 25.6 Å². The third-order valence-electron chi connectivity index (χ3n) is 4.13. The highest BCUT2D eigenvalue weighted by Crippen LogP contribution is 2.23. The molecule has 144 valence electrons. The van der Waals surface area contributed by atoms with Crippen molar-refractivity contribution in [2.24, 2.45) is 0 Å². The second-order valence-electron chi connectivity index (χ2n) is 6.56. The first-order chi connectivity index (χ1) is 13.7. The van der Waals surface area contributed by atoms with Gasteiger partial charge in [0.15, 0.2) is 0 Å². The summed E-state index contributed by atoms with van der Waals surface area (Å²) in [7, 11) is 1.61. The zero-order valence-corrected chi connectivity index (χ0v) is 16.1. The van der Waals surface area contributed by atoms with Crippen LogP contribution in [0.3, 0.4) is 0 Å². The molecular weight excluding hydrogens is 352 g/mol. The quantitative estimate of drug-likeness (QED) is 0.613. The molecule has 1 aromatic carbocycles. The lowest BCUT2D eigenvalue weighted by molar-refractivity contribution is -0.117. The fourth-order valence-corrected chi connectivity index (χ4v) is 2.89. The average Bonchev–Trinajstić information content (AvgIpc) is 3.10. The van der Waals surface area contributed by atoms with Gasteiger partial charge in [0.05, 0.1) is 13.2 Å². The summed E-state index contributed by atoms with van der Waals surface area (Å²) < 4.78 is 6.92. The molecule has 2 heterocycles. The molecule has 6 nitrogen and oxygen atoms in total.